The highest BCUT2D eigenvalue weighted by atomic mass is 16.4. The molecule has 0 aromatic carbocycles. The Labute approximate surface area is 80.3 Å². The van der Waals surface area contributed by atoms with Crippen LogP contribution in [0, 0.1) is 0 Å². The summed E-state index contributed by atoms with van der Waals surface area (Å²) in [5, 5.41) is 29.5. The van der Waals surface area contributed by atoms with Crippen molar-refractivity contribution in [3.63, 3.8) is 0 Å². The highest BCUT2D eigenvalue weighted by Gasteiger charge is 2.30. The largest absolute Gasteiger partial charge is 0.550 e. The van der Waals surface area contributed by atoms with E-state index < -0.39 is 23.7 Å². The highest BCUT2D eigenvalue weighted by Crippen LogP contribution is 2.07. The van der Waals surface area contributed by atoms with Crippen molar-refractivity contribution in [3.05, 3.63) is 0 Å². The SMILES string of the molecule is NC(N)(C(=O)[O-])C(O)CCCC(=O)[O-]. The van der Waals surface area contributed by atoms with Crippen LogP contribution in [0.25, 0.3) is 0 Å². The van der Waals surface area contributed by atoms with Gasteiger partial charge in [0, 0.05) is 5.97 Å². The molecule has 7 nitrogen and oxygen atoms in total. The monoisotopic (exact) mass is 204 g/mol. The molecule has 0 aliphatic rings. The van der Waals surface area contributed by atoms with Crippen molar-refractivity contribution in [3.8, 4) is 0 Å². The molecule has 5 N–H and O–H groups in total. The summed E-state index contributed by atoms with van der Waals surface area (Å²) in [7, 11) is 0. The first-order chi connectivity index (χ1) is 6.28. The molecule has 82 valence electrons. The molecule has 0 aromatic heterocycles. The topological polar surface area (TPSA) is 153 Å². The standard InChI is InChI=1S/C7H14N2O5/c8-7(9,6(13)14)4(10)2-1-3-5(11)12/h4,10H,1-3,8-9H2,(H,11,12)(H,13,14)/p-2. The molecule has 0 amide bonds. The molecule has 0 heterocycles. The third-order valence-corrected chi connectivity index (χ3v) is 1.76. The summed E-state index contributed by atoms with van der Waals surface area (Å²) >= 11 is 0. The third-order valence-electron chi connectivity index (χ3n) is 1.76. The summed E-state index contributed by atoms with van der Waals surface area (Å²) in [5.41, 5.74) is 7.69. The van der Waals surface area contributed by atoms with Crippen LogP contribution in [0.2, 0.25) is 0 Å². The van der Waals surface area contributed by atoms with Gasteiger partial charge in [-0.2, -0.15) is 0 Å². The Balaban J connectivity index is 4.01. The van der Waals surface area contributed by atoms with E-state index in [-0.39, 0.29) is 19.3 Å². The number of hydrogen-bond donors (Lipinski definition) is 3. The summed E-state index contributed by atoms with van der Waals surface area (Å²) in [6, 6.07) is 0. The molecule has 7 heteroatoms. The Morgan fingerprint density at radius 1 is 1.36 bits per heavy atom. The lowest BCUT2D eigenvalue weighted by Crippen LogP contribution is -2.69. The van der Waals surface area contributed by atoms with Gasteiger partial charge in [-0.05, 0) is 19.3 Å². The van der Waals surface area contributed by atoms with Crippen molar-refractivity contribution in [2.24, 2.45) is 11.5 Å². The van der Waals surface area contributed by atoms with Crippen LogP contribution in [0.15, 0.2) is 0 Å². The molecule has 0 aromatic rings. The van der Waals surface area contributed by atoms with E-state index in [2.05, 4.69) is 0 Å². The first kappa shape index (κ1) is 12.8. The quantitative estimate of drug-likeness (QED) is 0.369. The van der Waals surface area contributed by atoms with Crippen molar-refractivity contribution in [1.29, 1.82) is 0 Å². The van der Waals surface area contributed by atoms with Gasteiger partial charge in [-0.25, -0.2) is 0 Å². The first-order valence-electron chi connectivity index (χ1n) is 3.95. The van der Waals surface area contributed by atoms with Gasteiger partial charge in [0.1, 0.15) is 5.66 Å². The molecule has 14 heavy (non-hydrogen) atoms. The van der Waals surface area contributed by atoms with Gasteiger partial charge in [0.2, 0.25) is 0 Å². The fraction of sp³-hybridized carbons (Fsp3) is 0.714. The zero-order chi connectivity index (χ0) is 11.4. The number of nitrogens with two attached hydrogens (primary N) is 2. The molecular weight excluding hydrogens is 192 g/mol. The molecule has 0 spiro atoms. The third kappa shape index (κ3) is 3.69. The molecular formula is C7H12N2O5-2. The lowest BCUT2D eigenvalue weighted by Gasteiger charge is -2.30. The van der Waals surface area contributed by atoms with Gasteiger partial charge in [0.15, 0.2) is 0 Å². The number of aliphatic hydroxyl groups excluding tert-OH is 1. The van der Waals surface area contributed by atoms with Crippen LogP contribution in [-0.2, 0) is 9.59 Å². The van der Waals surface area contributed by atoms with Crippen molar-refractivity contribution >= 4 is 11.9 Å². The second-order valence-electron chi connectivity index (χ2n) is 3.00. The number of carboxylic acids is 2. The molecule has 0 saturated carbocycles. The summed E-state index contributed by atoms with van der Waals surface area (Å²) in [4.78, 5) is 20.3. The smallest absolute Gasteiger partial charge is 0.131 e. The summed E-state index contributed by atoms with van der Waals surface area (Å²) in [6.45, 7) is 0. The van der Waals surface area contributed by atoms with E-state index in [4.69, 9.17) is 11.5 Å². The van der Waals surface area contributed by atoms with E-state index in [9.17, 15) is 24.9 Å². The Morgan fingerprint density at radius 2 is 1.86 bits per heavy atom. The van der Waals surface area contributed by atoms with Crippen LogP contribution in [0.4, 0.5) is 0 Å². The van der Waals surface area contributed by atoms with Gasteiger partial charge in [-0.15, -0.1) is 0 Å². The zero-order valence-electron chi connectivity index (χ0n) is 7.43. The van der Waals surface area contributed by atoms with Crippen LogP contribution < -0.4 is 21.7 Å². The van der Waals surface area contributed by atoms with Crippen molar-refractivity contribution in [2.45, 2.75) is 31.0 Å². The molecule has 0 radical (unpaired) electrons. The molecule has 0 rings (SSSR count). The number of carboxylic acid groups (broad SMARTS) is 2. The minimum atomic E-state index is -2.36. The Morgan fingerprint density at radius 3 is 2.21 bits per heavy atom. The number of carbonyl (C=O) groups is 2. The zero-order valence-corrected chi connectivity index (χ0v) is 7.43. The van der Waals surface area contributed by atoms with Crippen molar-refractivity contribution < 1.29 is 24.9 Å². The maximum atomic E-state index is 10.3. The van der Waals surface area contributed by atoms with Crippen LogP contribution >= 0.6 is 0 Å². The fourth-order valence-corrected chi connectivity index (χ4v) is 0.815. The molecule has 0 aliphatic carbocycles. The van der Waals surface area contributed by atoms with Crippen molar-refractivity contribution in [2.75, 3.05) is 0 Å². The predicted molar refractivity (Wildman–Crippen MR) is 41.0 cm³/mol. The van der Waals surface area contributed by atoms with Gasteiger partial charge in [0.25, 0.3) is 0 Å². The first-order valence-corrected chi connectivity index (χ1v) is 3.95. The Hall–Kier alpha value is -1.18. The molecule has 0 aliphatic heterocycles. The van der Waals surface area contributed by atoms with Crippen LogP contribution in [0.3, 0.4) is 0 Å². The lowest BCUT2D eigenvalue weighted by atomic mass is 10.00. The predicted octanol–water partition coefficient (Wildman–Crippen LogP) is -4.37. The van der Waals surface area contributed by atoms with Gasteiger partial charge in [0.05, 0.1) is 12.1 Å². The van der Waals surface area contributed by atoms with Crippen LogP contribution in [-0.4, -0.2) is 28.8 Å². The number of aliphatic carboxylic acids is 2. The van der Waals surface area contributed by atoms with Gasteiger partial charge in [-0.1, -0.05) is 0 Å². The molecule has 0 fully saturated rings. The minimum absolute atomic E-state index is 0.0347. The number of carbonyl (C=O) groups excluding carboxylic acids is 2. The average Bonchev–Trinajstić information content (AvgIpc) is 2.02. The van der Waals surface area contributed by atoms with Gasteiger partial charge >= 0.3 is 0 Å². The Kier molecular flexibility index (Phi) is 4.48. The fourth-order valence-electron chi connectivity index (χ4n) is 0.815. The normalized spacial score (nSPS) is 13.6. The highest BCUT2D eigenvalue weighted by molar-refractivity contribution is 5.76. The minimum Gasteiger partial charge on any atom is -0.550 e. The molecule has 1 unspecified atom stereocenters. The van der Waals surface area contributed by atoms with E-state index >= 15 is 0 Å². The van der Waals surface area contributed by atoms with E-state index in [1.165, 1.54) is 0 Å². The second-order valence-corrected chi connectivity index (χ2v) is 3.00. The summed E-state index contributed by atoms with van der Waals surface area (Å²) in [5.74, 6) is -3.08. The summed E-state index contributed by atoms with van der Waals surface area (Å²) < 4.78 is 0. The Bertz CT molecular complexity index is 228. The van der Waals surface area contributed by atoms with E-state index in [1.807, 2.05) is 0 Å². The van der Waals surface area contributed by atoms with E-state index in [0.717, 1.165) is 0 Å². The molecule has 1 atom stereocenters. The average molecular weight is 204 g/mol. The van der Waals surface area contributed by atoms with Gasteiger partial charge in [-0.3, -0.25) is 0 Å². The lowest BCUT2D eigenvalue weighted by molar-refractivity contribution is -0.316. The maximum absolute atomic E-state index is 10.3. The molecule has 0 saturated heterocycles. The summed E-state index contributed by atoms with van der Waals surface area (Å²) in [6.07, 6.45) is -1.95. The van der Waals surface area contributed by atoms with E-state index in [0.29, 0.717) is 0 Å². The second kappa shape index (κ2) is 4.89. The van der Waals surface area contributed by atoms with Gasteiger partial charge < -0.3 is 36.4 Å². The molecule has 0 bridgehead atoms. The van der Waals surface area contributed by atoms with Crippen LogP contribution in [0.1, 0.15) is 19.3 Å². The van der Waals surface area contributed by atoms with E-state index in [1.54, 1.807) is 0 Å². The van der Waals surface area contributed by atoms with Crippen LogP contribution in [0.5, 0.6) is 0 Å². The van der Waals surface area contributed by atoms with Crippen molar-refractivity contribution in [1.82, 2.24) is 0 Å². The maximum Gasteiger partial charge on any atom is 0.131 e. The number of rotatable bonds is 6. The number of hydrogen-bond acceptors (Lipinski definition) is 7. The number of aliphatic hydroxyl groups is 1.